The molecule has 2 aliphatic heterocycles. The molecular weight excluding hydrogens is 521 g/mol. The van der Waals surface area contributed by atoms with E-state index in [2.05, 4.69) is 28.8 Å². The minimum absolute atomic E-state index is 0. The summed E-state index contributed by atoms with van der Waals surface area (Å²) in [6, 6.07) is 8.58. The zero-order valence-corrected chi connectivity index (χ0v) is 21.5. The van der Waals surface area contributed by atoms with E-state index in [4.69, 9.17) is 9.73 Å². The molecule has 1 aromatic rings. The number of hydrogen-bond donors (Lipinski definition) is 2. The smallest absolute Gasteiger partial charge is 0.409 e. The van der Waals surface area contributed by atoms with Crippen LogP contribution in [0.2, 0.25) is 0 Å². The number of ether oxygens (including phenoxy) is 1. The van der Waals surface area contributed by atoms with Crippen LogP contribution in [0.3, 0.4) is 0 Å². The number of carbonyl (C=O) groups excluding carboxylic acids is 2. The predicted molar refractivity (Wildman–Crippen MR) is 136 cm³/mol. The van der Waals surface area contributed by atoms with Crippen LogP contribution in [0.1, 0.15) is 50.7 Å². The fourth-order valence-corrected chi connectivity index (χ4v) is 4.02. The molecule has 0 atom stereocenters. The van der Waals surface area contributed by atoms with Gasteiger partial charge in [-0.2, -0.15) is 0 Å². The second kappa shape index (κ2) is 13.5. The number of likely N-dealkylation sites (tertiary alicyclic amines) is 2. The maximum absolute atomic E-state index is 11.9. The first-order valence-corrected chi connectivity index (χ1v) is 11.4. The molecule has 0 aliphatic carbocycles. The first-order chi connectivity index (χ1) is 15.1. The molecule has 2 saturated heterocycles. The van der Waals surface area contributed by atoms with Crippen molar-refractivity contribution in [3.63, 3.8) is 0 Å². The van der Waals surface area contributed by atoms with Gasteiger partial charge in [0.15, 0.2) is 5.96 Å². The second-order valence-electron chi connectivity index (χ2n) is 8.04. The van der Waals surface area contributed by atoms with Crippen molar-refractivity contribution in [3.05, 3.63) is 35.4 Å². The van der Waals surface area contributed by atoms with Crippen molar-refractivity contribution < 1.29 is 14.3 Å². The lowest BCUT2D eigenvalue weighted by Crippen LogP contribution is -2.49. The maximum atomic E-state index is 11.9. The van der Waals surface area contributed by atoms with Gasteiger partial charge >= 0.3 is 6.09 Å². The standard InChI is InChI=1S/C23H35N5O3.HI/c1-3-24-22(26-20-10-13-27(14-11-20)23(30)31-4-2)25-16-18-7-5-8-19(15-18)17-28-12-6-9-21(28)29;/h5,7-8,15,20H,3-4,6,9-14,16-17H2,1-2H3,(H2,24,25,26);1H. The third-order valence-corrected chi connectivity index (χ3v) is 5.66. The van der Waals surface area contributed by atoms with E-state index < -0.39 is 0 Å². The lowest BCUT2D eigenvalue weighted by molar-refractivity contribution is -0.128. The zero-order chi connectivity index (χ0) is 22.1. The number of amides is 2. The predicted octanol–water partition coefficient (Wildman–Crippen LogP) is 3.10. The maximum Gasteiger partial charge on any atom is 0.409 e. The number of rotatable bonds is 7. The summed E-state index contributed by atoms with van der Waals surface area (Å²) in [7, 11) is 0. The summed E-state index contributed by atoms with van der Waals surface area (Å²) >= 11 is 0. The fraction of sp³-hybridized carbons (Fsp3) is 0.609. The minimum atomic E-state index is -0.225. The number of piperidine rings is 1. The van der Waals surface area contributed by atoms with Crippen LogP contribution >= 0.6 is 24.0 Å². The first kappa shape index (κ1) is 26.2. The van der Waals surface area contributed by atoms with Crippen molar-refractivity contribution in [2.24, 2.45) is 4.99 Å². The van der Waals surface area contributed by atoms with E-state index in [1.165, 1.54) is 0 Å². The SMILES string of the molecule is CCNC(=NCc1cccc(CN2CCCC2=O)c1)NC1CCN(C(=O)OCC)CC1.I. The molecule has 32 heavy (non-hydrogen) atoms. The molecule has 2 heterocycles. The Morgan fingerprint density at radius 2 is 1.94 bits per heavy atom. The molecule has 3 rings (SSSR count). The Labute approximate surface area is 208 Å². The highest BCUT2D eigenvalue weighted by Crippen LogP contribution is 2.16. The summed E-state index contributed by atoms with van der Waals surface area (Å²) in [5, 5.41) is 6.82. The van der Waals surface area contributed by atoms with Gasteiger partial charge in [-0.25, -0.2) is 9.79 Å². The van der Waals surface area contributed by atoms with E-state index >= 15 is 0 Å². The van der Waals surface area contributed by atoms with Gasteiger partial charge in [-0.3, -0.25) is 4.79 Å². The van der Waals surface area contributed by atoms with Crippen LogP contribution in [0.5, 0.6) is 0 Å². The third-order valence-electron chi connectivity index (χ3n) is 5.66. The molecule has 0 aromatic heterocycles. The number of nitrogens with one attached hydrogen (secondary N) is 2. The fourth-order valence-electron chi connectivity index (χ4n) is 4.02. The van der Waals surface area contributed by atoms with Gasteiger partial charge < -0.3 is 25.2 Å². The number of guanidine groups is 1. The molecule has 8 nitrogen and oxygen atoms in total. The van der Waals surface area contributed by atoms with Crippen LogP contribution in [-0.2, 0) is 22.6 Å². The lowest BCUT2D eigenvalue weighted by Gasteiger charge is -2.32. The topological polar surface area (TPSA) is 86.3 Å². The summed E-state index contributed by atoms with van der Waals surface area (Å²) in [6.07, 6.45) is 3.13. The van der Waals surface area contributed by atoms with Gasteiger partial charge in [0.1, 0.15) is 0 Å². The third kappa shape index (κ3) is 7.83. The monoisotopic (exact) mass is 557 g/mol. The van der Waals surface area contributed by atoms with Crippen LogP contribution in [0.4, 0.5) is 4.79 Å². The zero-order valence-electron chi connectivity index (χ0n) is 19.1. The molecule has 2 N–H and O–H groups in total. The van der Waals surface area contributed by atoms with E-state index in [1.807, 2.05) is 24.8 Å². The number of benzene rings is 1. The van der Waals surface area contributed by atoms with Crippen molar-refractivity contribution in [2.45, 2.75) is 58.7 Å². The normalized spacial score (nSPS) is 17.2. The summed E-state index contributed by atoms with van der Waals surface area (Å²) in [6.45, 7) is 8.53. The van der Waals surface area contributed by atoms with E-state index in [0.717, 1.165) is 49.4 Å². The van der Waals surface area contributed by atoms with E-state index in [0.29, 0.717) is 39.2 Å². The molecule has 2 amide bonds. The summed E-state index contributed by atoms with van der Waals surface area (Å²) in [5.74, 6) is 1.04. The molecule has 0 bridgehead atoms. The molecule has 0 radical (unpaired) electrons. The second-order valence-corrected chi connectivity index (χ2v) is 8.04. The summed E-state index contributed by atoms with van der Waals surface area (Å²) in [4.78, 5) is 32.2. The van der Waals surface area contributed by atoms with Crippen molar-refractivity contribution in [1.29, 1.82) is 0 Å². The average molecular weight is 557 g/mol. The first-order valence-electron chi connectivity index (χ1n) is 11.4. The molecule has 2 fully saturated rings. The molecule has 0 saturated carbocycles. The largest absolute Gasteiger partial charge is 0.450 e. The number of hydrogen-bond acceptors (Lipinski definition) is 4. The highest BCUT2D eigenvalue weighted by atomic mass is 127. The molecule has 2 aliphatic rings. The van der Waals surface area contributed by atoms with Crippen LogP contribution < -0.4 is 10.6 Å². The Bertz CT molecular complexity index is 781. The van der Waals surface area contributed by atoms with Gasteiger partial charge in [0, 0.05) is 45.2 Å². The van der Waals surface area contributed by atoms with E-state index in [-0.39, 0.29) is 42.0 Å². The van der Waals surface area contributed by atoms with Gasteiger partial charge in [0.25, 0.3) is 0 Å². The van der Waals surface area contributed by atoms with Crippen molar-refractivity contribution in [2.75, 3.05) is 32.8 Å². The highest BCUT2D eigenvalue weighted by Gasteiger charge is 2.24. The summed E-state index contributed by atoms with van der Waals surface area (Å²) < 4.78 is 5.09. The molecule has 178 valence electrons. The Morgan fingerprint density at radius 3 is 2.59 bits per heavy atom. The Balaban J connectivity index is 0.00000363. The van der Waals surface area contributed by atoms with Crippen molar-refractivity contribution in [1.82, 2.24) is 20.4 Å². The van der Waals surface area contributed by atoms with Gasteiger partial charge in [-0.1, -0.05) is 24.3 Å². The number of carbonyl (C=O) groups is 2. The van der Waals surface area contributed by atoms with Crippen molar-refractivity contribution >= 4 is 41.9 Å². The Hall–Kier alpha value is -2.04. The van der Waals surface area contributed by atoms with Gasteiger partial charge in [0.05, 0.1) is 13.2 Å². The number of halogens is 1. The van der Waals surface area contributed by atoms with Crippen LogP contribution in [0, 0.1) is 0 Å². The van der Waals surface area contributed by atoms with E-state index in [1.54, 1.807) is 4.90 Å². The van der Waals surface area contributed by atoms with Crippen LogP contribution in [0.15, 0.2) is 29.3 Å². The highest BCUT2D eigenvalue weighted by molar-refractivity contribution is 14.0. The Morgan fingerprint density at radius 1 is 1.19 bits per heavy atom. The Kier molecular flexibility index (Phi) is 11.1. The quantitative estimate of drug-likeness (QED) is 0.306. The minimum Gasteiger partial charge on any atom is -0.450 e. The number of aliphatic imine (C=N–C) groups is 1. The lowest BCUT2D eigenvalue weighted by atomic mass is 10.1. The van der Waals surface area contributed by atoms with Gasteiger partial charge in [-0.05, 0) is 44.2 Å². The molecular formula is C23H36IN5O3. The number of nitrogens with zero attached hydrogens (tertiary/aromatic N) is 3. The molecule has 0 spiro atoms. The molecule has 9 heteroatoms. The van der Waals surface area contributed by atoms with Gasteiger partial charge in [-0.15, -0.1) is 24.0 Å². The average Bonchev–Trinajstić information content (AvgIpc) is 3.17. The molecule has 0 unspecified atom stereocenters. The van der Waals surface area contributed by atoms with E-state index in [9.17, 15) is 9.59 Å². The van der Waals surface area contributed by atoms with Crippen LogP contribution in [-0.4, -0.2) is 66.6 Å². The van der Waals surface area contributed by atoms with Crippen molar-refractivity contribution in [3.8, 4) is 0 Å². The summed E-state index contributed by atoms with van der Waals surface area (Å²) in [5.41, 5.74) is 2.27. The van der Waals surface area contributed by atoms with Gasteiger partial charge in [0.2, 0.25) is 5.91 Å². The molecule has 1 aromatic carbocycles. The van der Waals surface area contributed by atoms with Crippen LogP contribution in [0.25, 0.3) is 0 Å².